The lowest BCUT2D eigenvalue weighted by Gasteiger charge is -2.06. The first kappa shape index (κ1) is 13.4. The number of carbonyl (C=O) groups excluding carboxylic acids is 1. The molecule has 6 nitrogen and oxygen atoms in total. The molecule has 0 fully saturated rings. The molecule has 0 unspecified atom stereocenters. The minimum absolute atomic E-state index is 0.152. The Morgan fingerprint density at radius 3 is 3.05 bits per heavy atom. The van der Waals surface area contributed by atoms with Crippen LogP contribution in [0, 0.1) is 0 Å². The maximum Gasteiger partial charge on any atom is 0.271 e. The summed E-state index contributed by atoms with van der Waals surface area (Å²) in [4.78, 5) is 22.9. The summed E-state index contributed by atoms with van der Waals surface area (Å²) in [5.74, 6) is 0.844. The smallest absolute Gasteiger partial charge is 0.271 e. The topological polar surface area (TPSA) is 96.7 Å². The summed E-state index contributed by atoms with van der Waals surface area (Å²) in [5.41, 5.74) is 5.67. The average Bonchev–Trinajstić information content (AvgIpc) is 2.90. The number of halogens is 1. The number of nitrogen functional groups attached to an aromatic ring is 1. The fraction of sp³-hybridized carbons (Fsp3) is 0.250. The van der Waals surface area contributed by atoms with E-state index in [0.717, 1.165) is 18.7 Å². The van der Waals surface area contributed by atoms with Crippen LogP contribution in [0.2, 0.25) is 5.02 Å². The molecule has 0 aliphatic rings. The van der Waals surface area contributed by atoms with Gasteiger partial charge in [0.1, 0.15) is 17.3 Å². The molecule has 0 spiro atoms. The first-order chi connectivity index (χ1) is 9.16. The van der Waals surface area contributed by atoms with Crippen molar-refractivity contribution in [3.8, 4) is 0 Å². The van der Waals surface area contributed by atoms with Gasteiger partial charge < -0.3 is 16.0 Å². The predicted octanol–water partition coefficient (Wildman–Crippen LogP) is 1.40. The molecule has 0 saturated carbocycles. The number of aromatic nitrogens is 3. The van der Waals surface area contributed by atoms with Gasteiger partial charge in [0.15, 0.2) is 0 Å². The summed E-state index contributed by atoms with van der Waals surface area (Å²) < 4.78 is 0. The van der Waals surface area contributed by atoms with Gasteiger partial charge in [0.05, 0.1) is 5.02 Å². The van der Waals surface area contributed by atoms with Gasteiger partial charge in [-0.25, -0.2) is 9.97 Å². The number of rotatable bonds is 5. The fourth-order valence-corrected chi connectivity index (χ4v) is 1.78. The van der Waals surface area contributed by atoms with E-state index in [0.29, 0.717) is 6.54 Å². The lowest BCUT2D eigenvalue weighted by atomic mass is 10.3. The van der Waals surface area contributed by atoms with Gasteiger partial charge >= 0.3 is 0 Å². The molecule has 19 heavy (non-hydrogen) atoms. The quantitative estimate of drug-likeness (QED) is 0.721. The number of aromatic amines is 1. The number of carbonyl (C=O) groups is 1. The second-order valence-electron chi connectivity index (χ2n) is 3.96. The van der Waals surface area contributed by atoms with E-state index < -0.39 is 0 Å². The van der Waals surface area contributed by atoms with Crippen LogP contribution < -0.4 is 11.1 Å². The Hall–Kier alpha value is -2.08. The molecule has 2 rings (SSSR count). The molecule has 7 heteroatoms. The molecule has 0 aliphatic heterocycles. The Morgan fingerprint density at radius 1 is 1.47 bits per heavy atom. The van der Waals surface area contributed by atoms with Crippen LogP contribution in [0.3, 0.4) is 0 Å². The number of H-pyrrole nitrogens is 1. The van der Waals surface area contributed by atoms with Crippen LogP contribution in [0.25, 0.3) is 0 Å². The summed E-state index contributed by atoms with van der Waals surface area (Å²) in [6.07, 6.45) is 5.01. The highest BCUT2D eigenvalue weighted by molar-refractivity contribution is 6.33. The molecule has 2 aromatic heterocycles. The number of hydrogen-bond acceptors (Lipinski definition) is 4. The van der Waals surface area contributed by atoms with E-state index in [1.165, 1.54) is 0 Å². The molecule has 0 saturated heterocycles. The molecule has 0 aromatic carbocycles. The van der Waals surface area contributed by atoms with E-state index in [1.54, 1.807) is 24.5 Å². The molecule has 0 atom stereocenters. The van der Waals surface area contributed by atoms with Gasteiger partial charge in [-0.1, -0.05) is 11.6 Å². The highest BCUT2D eigenvalue weighted by atomic mass is 35.5. The van der Waals surface area contributed by atoms with Crippen molar-refractivity contribution in [2.24, 2.45) is 0 Å². The lowest BCUT2D eigenvalue weighted by Crippen LogP contribution is -2.26. The largest absolute Gasteiger partial charge is 0.384 e. The fourth-order valence-electron chi connectivity index (χ4n) is 1.59. The molecule has 4 N–H and O–H groups in total. The summed E-state index contributed by atoms with van der Waals surface area (Å²) in [5, 5.41) is 3.04. The summed E-state index contributed by atoms with van der Waals surface area (Å²) >= 11 is 5.89. The van der Waals surface area contributed by atoms with Crippen molar-refractivity contribution < 1.29 is 4.79 Å². The Bertz CT molecular complexity index is 555. The number of nitrogens with zero attached hydrogens (tertiary/aromatic N) is 2. The molecule has 0 aliphatic carbocycles. The number of nitrogens with one attached hydrogen (secondary N) is 2. The van der Waals surface area contributed by atoms with Gasteiger partial charge in [-0.05, 0) is 18.6 Å². The minimum atomic E-state index is -0.322. The monoisotopic (exact) mass is 279 g/mol. The number of hydrogen-bond donors (Lipinski definition) is 3. The third-order valence-corrected chi connectivity index (χ3v) is 2.82. The molecular formula is C12H14ClN5O. The van der Waals surface area contributed by atoms with Crippen molar-refractivity contribution in [3.63, 3.8) is 0 Å². The zero-order valence-electron chi connectivity index (χ0n) is 10.2. The van der Waals surface area contributed by atoms with Crippen LogP contribution >= 0.6 is 11.6 Å². The standard InChI is InChI=1S/C12H14ClN5O/c13-8-3-4-9(14)18-11(8)12(19)17-5-1-2-10-15-6-7-16-10/h3-4,6-7H,1-2,5H2,(H2,14,18)(H,15,16)(H,17,19). The Morgan fingerprint density at radius 2 is 2.32 bits per heavy atom. The number of pyridine rings is 1. The summed E-state index contributed by atoms with van der Waals surface area (Å²) in [7, 11) is 0. The van der Waals surface area contributed by atoms with Crippen molar-refractivity contribution in [2.45, 2.75) is 12.8 Å². The maximum atomic E-state index is 11.8. The Kier molecular flexibility index (Phi) is 4.35. The van der Waals surface area contributed by atoms with Gasteiger partial charge in [0, 0.05) is 25.4 Å². The Labute approximate surface area is 115 Å². The summed E-state index contributed by atoms with van der Waals surface area (Å²) in [6, 6.07) is 3.11. The molecule has 0 bridgehead atoms. The third-order valence-electron chi connectivity index (χ3n) is 2.51. The SMILES string of the molecule is Nc1ccc(Cl)c(C(=O)NCCCc2ncc[nH]2)n1. The number of aryl methyl sites for hydroxylation is 1. The lowest BCUT2D eigenvalue weighted by molar-refractivity contribution is 0.0948. The highest BCUT2D eigenvalue weighted by Gasteiger charge is 2.11. The summed E-state index contributed by atoms with van der Waals surface area (Å²) in [6.45, 7) is 0.520. The predicted molar refractivity (Wildman–Crippen MR) is 72.9 cm³/mol. The number of imidazole rings is 1. The minimum Gasteiger partial charge on any atom is -0.384 e. The molecule has 100 valence electrons. The number of anilines is 1. The van der Waals surface area contributed by atoms with Gasteiger partial charge in [-0.3, -0.25) is 4.79 Å². The molecule has 0 radical (unpaired) electrons. The third kappa shape index (κ3) is 3.69. The molecule has 2 aromatic rings. The normalized spacial score (nSPS) is 10.4. The molecular weight excluding hydrogens is 266 g/mol. The average molecular weight is 280 g/mol. The van der Waals surface area contributed by atoms with Crippen molar-refractivity contribution in [2.75, 3.05) is 12.3 Å². The van der Waals surface area contributed by atoms with E-state index in [-0.39, 0.29) is 22.4 Å². The van der Waals surface area contributed by atoms with Crippen LogP contribution in [0.1, 0.15) is 22.7 Å². The first-order valence-corrected chi connectivity index (χ1v) is 6.23. The molecule has 2 heterocycles. The van der Waals surface area contributed by atoms with Crippen molar-refractivity contribution in [3.05, 3.63) is 41.1 Å². The van der Waals surface area contributed by atoms with E-state index in [1.807, 2.05) is 0 Å². The van der Waals surface area contributed by atoms with Gasteiger partial charge in [0.2, 0.25) is 0 Å². The van der Waals surface area contributed by atoms with Crippen LogP contribution in [0.15, 0.2) is 24.5 Å². The maximum absolute atomic E-state index is 11.8. The van der Waals surface area contributed by atoms with Crippen molar-refractivity contribution in [1.82, 2.24) is 20.3 Å². The Balaban J connectivity index is 1.82. The van der Waals surface area contributed by atoms with Crippen molar-refractivity contribution in [1.29, 1.82) is 0 Å². The first-order valence-electron chi connectivity index (χ1n) is 5.85. The zero-order chi connectivity index (χ0) is 13.7. The number of amides is 1. The van der Waals surface area contributed by atoms with E-state index in [4.69, 9.17) is 17.3 Å². The van der Waals surface area contributed by atoms with Gasteiger partial charge in [-0.2, -0.15) is 0 Å². The van der Waals surface area contributed by atoms with Gasteiger partial charge in [0.25, 0.3) is 5.91 Å². The van der Waals surface area contributed by atoms with Gasteiger partial charge in [-0.15, -0.1) is 0 Å². The molecule has 1 amide bonds. The zero-order valence-corrected chi connectivity index (χ0v) is 10.9. The van der Waals surface area contributed by atoms with Crippen LogP contribution in [0.5, 0.6) is 0 Å². The van der Waals surface area contributed by atoms with Crippen LogP contribution in [0.4, 0.5) is 5.82 Å². The van der Waals surface area contributed by atoms with Crippen LogP contribution in [-0.4, -0.2) is 27.4 Å². The highest BCUT2D eigenvalue weighted by Crippen LogP contribution is 2.14. The van der Waals surface area contributed by atoms with Crippen LogP contribution in [-0.2, 0) is 6.42 Å². The van der Waals surface area contributed by atoms with E-state index >= 15 is 0 Å². The van der Waals surface area contributed by atoms with E-state index in [2.05, 4.69) is 20.3 Å². The van der Waals surface area contributed by atoms with E-state index in [9.17, 15) is 4.79 Å². The van der Waals surface area contributed by atoms with Crippen molar-refractivity contribution >= 4 is 23.3 Å². The second kappa shape index (κ2) is 6.19. The number of nitrogens with two attached hydrogens (primary N) is 1. The second-order valence-corrected chi connectivity index (χ2v) is 4.37.